The second-order valence-electron chi connectivity index (χ2n) is 4.92. The van der Waals surface area contributed by atoms with Gasteiger partial charge < -0.3 is 14.0 Å². The lowest BCUT2D eigenvalue weighted by Crippen LogP contribution is -2.11. The summed E-state index contributed by atoms with van der Waals surface area (Å²) in [5.41, 5.74) is 0.787. The predicted octanol–water partition coefficient (Wildman–Crippen LogP) is 4.24. The fraction of sp³-hybridized carbons (Fsp3) is 0.467. The number of halogens is 1. The molecule has 0 fully saturated rings. The third-order valence-electron chi connectivity index (χ3n) is 3.04. The summed E-state index contributed by atoms with van der Waals surface area (Å²) in [5.74, 6) is 1.94. The Labute approximate surface area is 132 Å². The Morgan fingerprint density at radius 3 is 2.71 bits per heavy atom. The minimum atomic E-state index is -0.197. The first-order valence-corrected chi connectivity index (χ1v) is 7.65. The van der Waals surface area contributed by atoms with Crippen LogP contribution in [0.15, 0.2) is 27.2 Å². The molecule has 0 saturated carbocycles. The molecule has 5 nitrogen and oxygen atoms in total. The maximum atomic E-state index is 5.68. The average molecular weight is 355 g/mol. The first kappa shape index (κ1) is 16.0. The molecule has 0 aliphatic heterocycles. The maximum Gasteiger partial charge on any atom is 0.256 e. The lowest BCUT2D eigenvalue weighted by atomic mass is 10.1. The summed E-state index contributed by atoms with van der Waals surface area (Å²) in [4.78, 5) is 4.46. The minimum absolute atomic E-state index is 0.197. The molecule has 0 bridgehead atoms. The van der Waals surface area contributed by atoms with Gasteiger partial charge in [0.25, 0.3) is 5.89 Å². The van der Waals surface area contributed by atoms with Gasteiger partial charge in [-0.1, -0.05) is 34.9 Å². The summed E-state index contributed by atoms with van der Waals surface area (Å²) in [6.45, 7) is 6.67. The normalized spacial score (nSPS) is 12.7. The highest BCUT2D eigenvalue weighted by atomic mass is 79.9. The van der Waals surface area contributed by atoms with Crippen LogP contribution in [-0.2, 0) is 4.74 Å². The van der Waals surface area contributed by atoms with Gasteiger partial charge in [-0.25, -0.2) is 0 Å². The third kappa shape index (κ3) is 3.63. The fourth-order valence-corrected chi connectivity index (χ4v) is 2.38. The highest BCUT2D eigenvalue weighted by Crippen LogP contribution is 2.32. The molecular formula is C15H19BrN2O3. The van der Waals surface area contributed by atoms with E-state index in [2.05, 4.69) is 39.9 Å². The standard InChI is InChI=1S/C15H19BrN2O3/c1-5-20-13(9(2)3)15-17-14(18-21-15)11-7-6-10(16)8-12(11)19-4/h6-9,13H,5H2,1-4H3. The number of hydrogen-bond acceptors (Lipinski definition) is 5. The van der Waals surface area contributed by atoms with Gasteiger partial charge in [0, 0.05) is 11.1 Å². The van der Waals surface area contributed by atoms with Crippen molar-refractivity contribution in [3.05, 3.63) is 28.6 Å². The molecule has 6 heteroatoms. The van der Waals surface area contributed by atoms with Crippen molar-refractivity contribution in [3.63, 3.8) is 0 Å². The quantitative estimate of drug-likeness (QED) is 0.776. The zero-order valence-electron chi connectivity index (χ0n) is 12.6. The number of methoxy groups -OCH3 is 1. The number of benzene rings is 1. The summed E-state index contributed by atoms with van der Waals surface area (Å²) < 4.78 is 17.3. The summed E-state index contributed by atoms with van der Waals surface area (Å²) in [7, 11) is 1.61. The van der Waals surface area contributed by atoms with Crippen LogP contribution in [-0.4, -0.2) is 23.9 Å². The molecule has 0 aliphatic rings. The first-order valence-electron chi connectivity index (χ1n) is 6.86. The van der Waals surface area contributed by atoms with E-state index in [9.17, 15) is 0 Å². The predicted molar refractivity (Wildman–Crippen MR) is 83.2 cm³/mol. The van der Waals surface area contributed by atoms with E-state index in [0.717, 1.165) is 10.0 Å². The van der Waals surface area contributed by atoms with Crippen molar-refractivity contribution in [1.29, 1.82) is 0 Å². The van der Waals surface area contributed by atoms with E-state index in [0.29, 0.717) is 24.1 Å². The van der Waals surface area contributed by atoms with Crippen LogP contribution in [0.3, 0.4) is 0 Å². The zero-order valence-corrected chi connectivity index (χ0v) is 14.2. The molecule has 0 aliphatic carbocycles. The first-order chi connectivity index (χ1) is 10.1. The summed E-state index contributed by atoms with van der Waals surface area (Å²) in [6.07, 6.45) is -0.197. The highest BCUT2D eigenvalue weighted by molar-refractivity contribution is 9.10. The Kier molecular flexibility index (Phi) is 5.36. The van der Waals surface area contributed by atoms with Crippen molar-refractivity contribution in [3.8, 4) is 17.1 Å². The van der Waals surface area contributed by atoms with Crippen molar-refractivity contribution in [1.82, 2.24) is 10.1 Å². The summed E-state index contributed by atoms with van der Waals surface area (Å²) in [6, 6.07) is 5.67. The van der Waals surface area contributed by atoms with Crippen molar-refractivity contribution in [2.75, 3.05) is 13.7 Å². The molecule has 1 aromatic heterocycles. The van der Waals surface area contributed by atoms with Gasteiger partial charge in [-0.2, -0.15) is 4.98 Å². The van der Waals surface area contributed by atoms with Gasteiger partial charge in [0.15, 0.2) is 0 Å². The highest BCUT2D eigenvalue weighted by Gasteiger charge is 2.24. The second-order valence-corrected chi connectivity index (χ2v) is 5.84. The van der Waals surface area contributed by atoms with Crippen molar-refractivity contribution in [2.24, 2.45) is 5.92 Å². The molecule has 0 amide bonds. The molecule has 1 heterocycles. The number of ether oxygens (including phenoxy) is 2. The summed E-state index contributed by atoms with van der Waals surface area (Å²) in [5, 5.41) is 4.05. The van der Waals surface area contributed by atoms with Crippen LogP contribution < -0.4 is 4.74 Å². The van der Waals surface area contributed by atoms with Crippen LogP contribution >= 0.6 is 15.9 Å². The number of nitrogens with zero attached hydrogens (tertiary/aromatic N) is 2. The van der Waals surface area contributed by atoms with Crippen LogP contribution in [0, 0.1) is 5.92 Å². The SMILES string of the molecule is CCOC(c1nc(-c2ccc(Br)cc2OC)no1)C(C)C. The molecule has 0 saturated heterocycles. The molecule has 1 aromatic carbocycles. The van der Waals surface area contributed by atoms with Crippen LogP contribution in [0.5, 0.6) is 5.75 Å². The molecule has 21 heavy (non-hydrogen) atoms. The Hall–Kier alpha value is -1.40. The Morgan fingerprint density at radius 1 is 1.33 bits per heavy atom. The lowest BCUT2D eigenvalue weighted by molar-refractivity contribution is 0.00701. The van der Waals surface area contributed by atoms with Crippen molar-refractivity contribution in [2.45, 2.75) is 26.9 Å². The molecule has 2 rings (SSSR count). The van der Waals surface area contributed by atoms with Crippen LogP contribution in [0.4, 0.5) is 0 Å². The maximum absolute atomic E-state index is 5.68. The Morgan fingerprint density at radius 2 is 2.10 bits per heavy atom. The van der Waals surface area contributed by atoms with E-state index < -0.39 is 0 Å². The van der Waals surface area contributed by atoms with Gasteiger partial charge >= 0.3 is 0 Å². The van der Waals surface area contributed by atoms with Crippen molar-refractivity contribution >= 4 is 15.9 Å². The van der Waals surface area contributed by atoms with Gasteiger partial charge in [0.2, 0.25) is 5.82 Å². The topological polar surface area (TPSA) is 57.4 Å². The molecule has 1 atom stereocenters. The Bertz CT molecular complexity index is 598. The van der Waals surface area contributed by atoms with E-state index in [-0.39, 0.29) is 12.0 Å². The molecule has 2 aromatic rings. The molecule has 0 N–H and O–H groups in total. The van der Waals surface area contributed by atoms with E-state index in [1.807, 2.05) is 25.1 Å². The molecule has 0 spiro atoms. The van der Waals surface area contributed by atoms with E-state index in [1.54, 1.807) is 7.11 Å². The zero-order chi connectivity index (χ0) is 15.4. The van der Waals surface area contributed by atoms with E-state index in [4.69, 9.17) is 14.0 Å². The number of aromatic nitrogens is 2. The largest absolute Gasteiger partial charge is 0.496 e. The third-order valence-corrected chi connectivity index (χ3v) is 3.53. The average Bonchev–Trinajstić information content (AvgIpc) is 2.93. The van der Waals surface area contributed by atoms with E-state index in [1.165, 1.54) is 0 Å². The van der Waals surface area contributed by atoms with Crippen molar-refractivity contribution < 1.29 is 14.0 Å². The molecule has 1 unspecified atom stereocenters. The second kappa shape index (κ2) is 7.04. The molecular weight excluding hydrogens is 336 g/mol. The van der Waals surface area contributed by atoms with Gasteiger partial charge in [-0.3, -0.25) is 0 Å². The number of hydrogen-bond donors (Lipinski definition) is 0. The lowest BCUT2D eigenvalue weighted by Gasteiger charge is -2.15. The van der Waals surface area contributed by atoms with Gasteiger partial charge in [0.1, 0.15) is 11.9 Å². The van der Waals surface area contributed by atoms with Crippen LogP contribution in [0.25, 0.3) is 11.4 Å². The molecule has 0 radical (unpaired) electrons. The van der Waals surface area contributed by atoms with Crippen LogP contribution in [0.1, 0.15) is 32.8 Å². The fourth-order valence-electron chi connectivity index (χ4n) is 2.04. The monoisotopic (exact) mass is 354 g/mol. The molecule has 114 valence electrons. The van der Waals surface area contributed by atoms with Crippen LogP contribution in [0.2, 0.25) is 0 Å². The minimum Gasteiger partial charge on any atom is -0.496 e. The van der Waals surface area contributed by atoms with Gasteiger partial charge in [0.05, 0.1) is 12.7 Å². The van der Waals surface area contributed by atoms with E-state index >= 15 is 0 Å². The number of rotatable bonds is 6. The Balaban J connectivity index is 2.35. The van der Waals surface area contributed by atoms with Gasteiger partial charge in [-0.15, -0.1) is 0 Å². The summed E-state index contributed by atoms with van der Waals surface area (Å²) >= 11 is 3.41. The van der Waals surface area contributed by atoms with Gasteiger partial charge in [-0.05, 0) is 31.0 Å². The smallest absolute Gasteiger partial charge is 0.256 e.